The number of aryl methyl sites for hydroxylation is 3. The van der Waals surface area contributed by atoms with E-state index in [0.29, 0.717) is 0 Å². The maximum absolute atomic E-state index is 5.88. The Bertz CT molecular complexity index is 801. The summed E-state index contributed by atoms with van der Waals surface area (Å²) in [6.07, 6.45) is 0. The molecule has 0 heterocycles. The molecule has 0 fully saturated rings. The lowest BCUT2D eigenvalue weighted by Gasteiger charge is -2.22. The maximum atomic E-state index is 5.88. The van der Waals surface area contributed by atoms with Crippen LogP contribution in [0, 0.1) is 20.8 Å². The van der Waals surface area contributed by atoms with Crippen LogP contribution in [0.3, 0.4) is 0 Å². The second kappa shape index (κ2) is 6.40. The molecule has 0 aliphatic carbocycles. The van der Waals surface area contributed by atoms with E-state index in [1.54, 1.807) is 0 Å². The van der Waals surface area contributed by atoms with Crippen molar-refractivity contribution < 1.29 is 0 Å². The molecule has 0 unspecified atom stereocenters. The van der Waals surface area contributed by atoms with E-state index in [2.05, 4.69) is 57.2 Å². The van der Waals surface area contributed by atoms with Gasteiger partial charge in [-0.25, -0.2) is 0 Å². The fraction of sp³-hybridized carbons (Fsp3) is 0.182. The molecule has 2 heteroatoms. The van der Waals surface area contributed by atoms with E-state index in [-0.39, 0.29) is 5.92 Å². The third-order valence-electron chi connectivity index (χ3n) is 4.73. The highest BCUT2D eigenvalue weighted by Gasteiger charge is 2.19. The van der Waals surface area contributed by atoms with Gasteiger partial charge in [-0.1, -0.05) is 36.4 Å². The molecule has 0 atom stereocenters. The minimum absolute atomic E-state index is 0.172. The summed E-state index contributed by atoms with van der Waals surface area (Å²) in [6.45, 7) is 6.51. The van der Waals surface area contributed by atoms with Gasteiger partial charge >= 0.3 is 0 Å². The molecule has 0 radical (unpaired) electrons. The molecule has 3 aromatic carbocycles. The Labute approximate surface area is 144 Å². The van der Waals surface area contributed by atoms with E-state index in [9.17, 15) is 0 Å². The third-order valence-corrected chi connectivity index (χ3v) is 4.73. The third kappa shape index (κ3) is 3.13. The summed E-state index contributed by atoms with van der Waals surface area (Å²) in [6, 6.07) is 20.9. The summed E-state index contributed by atoms with van der Waals surface area (Å²) in [5.74, 6) is 0.172. The fourth-order valence-electron chi connectivity index (χ4n) is 3.22. The van der Waals surface area contributed by atoms with Gasteiger partial charge in [0, 0.05) is 17.3 Å². The van der Waals surface area contributed by atoms with Crippen LogP contribution in [0.2, 0.25) is 0 Å². The second-order valence-corrected chi connectivity index (χ2v) is 6.56. The fourth-order valence-corrected chi connectivity index (χ4v) is 3.22. The number of nitrogens with two attached hydrogens (primary N) is 2. The molecule has 0 saturated carbocycles. The Morgan fingerprint density at radius 3 is 1.46 bits per heavy atom. The predicted octanol–water partition coefficient (Wildman–Crippen LogP) is 4.96. The van der Waals surface area contributed by atoms with Crippen molar-refractivity contribution in [1.82, 2.24) is 0 Å². The molecule has 122 valence electrons. The zero-order valence-corrected chi connectivity index (χ0v) is 14.5. The number of anilines is 2. The van der Waals surface area contributed by atoms with Crippen molar-refractivity contribution in [3.8, 4) is 0 Å². The van der Waals surface area contributed by atoms with E-state index in [4.69, 9.17) is 11.5 Å². The molecule has 0 aliphatic rings. The van der Waals surface area contributed by atoms with E-state index in [1.165, 1.54) is 33.4 Å². The summed E-state index contributed by atoms with van der Waals surface area (Å²) in [5, 5.41) is 0. The van der Waals surface area contributed by atoms with Crippen LogP contribution in [-0.2, 0) is 0 Å². The summed E-state index contributed by atoms with van der Waals surface area (Å²) in [7, 11) is 0. The second-order valence-electron chi connectivity index (χ2n) is 6.56. The zero-order valence-electron chi connectivity index (χ0n) is 14.5. The van der Waals surface area contributed by atoms with Crippen LogP contribution in [0.25, 0.3) is 0 Å². The summed E-state index contributed by atoms with van der Waals surface area (Å²) in [5.41, 5.74) is 21.1. The van der Waals surface area contributed by atoms with Crippen LogP contribution >= 0.6 is 0 Å². The van der Waals surface area contributed by atoms with E-state index < -0.39 is 0 Å². The van der Waals surface area contributed by atoms with Crippen LogP contribution < -0.4 is 11.5 Å². The molecular formula is C22H24N2. The summed E-state index contributed by atoms with van der Waals surface area (Å²) < 4.78 is 0. The van der Waals surface area contributed by atoms with Crippen molar-refractivity contribution in [2.45, 2.75) is 26.7 Å². The smallest absolute Gasteiger partial charge is 0.0342 e. The van der Waals surface area contributed by atoms with Gasteiger partial charge < -0.3 is 11.5 Å². The Morgan fingerprint density at radius 2 is 1.00 bits per heavy atom. The van der Waals surface area contributed by atoms with Gasteiger partial charge in [0.2, 0.25) is 0 Å². The summed E-state index contributed by atoms with van der Waals surface area (Å²) >= 11 is 0. The number of rotatable bonds is 3. The predicted molar refractivity (Wildman–Crippen MR) is 103 cm³/mol. The molecule has 24 heavy (non-hydrogen) atoms. The van der Waals surface area contributed by atoms with Crippen molar-refractivity contribution >= 4 is 11.4 Å². The number of hydrogen-bond acceptors (Lipinski definition) is 2. The van der Waals surface area contributed by atoms with Crippen molar-refractivity contribution in [2.75, 3.05) is 11.5 Å². The molecule has 0 amide bonds. The maximum Gasteiger partial charge on any atom is 0.0342 e. The van der Waals surface area contributed by atoms with Crippen molar-refractivity contribution in [3.63, 3.8) is 0 Å². The van der Waals surface area contributed by atoms with Gasteiger partial charge in [-0.05, 0) is 78.4 Å². The largest absolute Gasteiger partial charge is 0.399 e. The number of benzene rings is 3. The van der Waals surface area contributed by atoms with Gasteiger partial charge in [0.1, 0.15) is 0 Å². The molecule has 0 aromatic heterocycles. The standard InChI is InChI=1S/C22H24N2/c1-14-12-16(3)21(13-15(14)2)22(17-4-8-19(23)9-5-17)18-6-10-20(24)11-7-18/h4-13,22H,23-24H2,1-3H3. The lowest BCUT2D eigenvalue weighted by Crippen LogP contribution is -2.07. The van der Waals surface area contributed by atoms with Gasteiger partial charge in [-0.2, -0.15) is 0 Å². The highest BCUT2D eigenvalue weighted by molar-refractivity contribution is 5.52. The first-order valence-electron chi connectivity index (χ1n) is 8.24. The van der Waals surface area contributed by atoms with Crippen LogP contribution in [0.4, 0.5) is 11.4 Å². The lowest BCUT2D eigenvalue weighted by molar-refractivity contribution is 0.957. The first kappa shape index (κ1) is 16.1. The first-order valence-corrected chi connectivity index (χ1v) is 8.24. The highest BCUT2D eigenvalue weighted by Crippen LogP contribution is 2.35. The van der Waals surface area contributed by atoms with Gasteiger partial charge in [-0.3, -0.25) is 0 Å². The molecule has 3 rings (SSSR count). The van der Waals surface area contributed by atoms with Crippen molar-refractivity contribution in [2.24, 2.45) is 0 Å². The number of nitrogen functional groups attached to an aromatic ring is 2. The lowest BCUT2D eigenvalue weighted by atomic mass is 9.81. The molecule has 3 aromatic rings. The molecule has 0 spiro atoms. The van der Waals surface area contributed by atoms with Gasteiger partial charge in [0.25, 0.3) is 0 Å². The van der Waals surface area contributed by atoms with Crippen molar-refractivity contribution in [3.05, 3.63) is 94.0 Å². The quantitative estimate of drug-likeness (QED) is 0.530. The first-order chi connectivity index (χ1) is 11.5. The van der Waals surface area contributed by atoms with Crippen LogP contribution in [0.1, 0.15) is 39.3 Å². The Kier molecular flexibility index (Phi) is 4.30. The SMILES string of the molecule is Cc1cc(C)c(C(c2ccc(N)cc2)c2ccc(N)cc2)cc1C. The molecular weight excluding hydrogens is 292 g/mol. The van der Waals surface area contributed by atoms with Crippen molar-refractivity contribution in [1.29, 1.82) is 0 Å². The minimum atomic E-state index is 0.172. The molecule has 0 aliphatic heterocycles. The zero-order chi connectivity index (χ0) is 17.3. The van der Waals surface area contributed by atoms with Crippen LogP contribution in [0.5, 0.6) is 0 Å². The number of hydrogen-bond donors (Lipinski definition) is 2. The average molecular weight is 316 g/mol. The molecule has 0 saturated heterocycles. The summed E-state index contributed by atoms with van der Waals surface area (Å²) in [4.78, 5) is 0. The monoisotopic (exact) mass is 316 g/mol. The van der Waals surface area contributed by atoms with Crippen LogP contribution in [0.15, 0.2) is 60.7 Å². The van der Waals surface area contributed by atoms with Gasteiger partial charge in [0.15, 0.2) is 0 Å². The van der Waals surface area contributed by atoms with E-state index >= 15 is 0 Å². The van der Waals surface area contributed by atoms with Gasteiger partial charge in [-0.15, -0.1) is 0 Å². The van der Waals surface area contributed by atoms with E-state index in [0.717, 1.165) is 11.4 Å². The van der Waals surface area contributed by atoms with E-state index in [1.807, 2.05) is 24.3 Å². The molecule has 2 nitrogen and oxygen atoms in total. The van der Waals surface area contributed by atoms with Crippen LogP contribution in [-0.4, -0.2) is 0 Å². The molecule has 4 N–H and O–H groups in total. The Morgan fingerprint density at radius 1 is 0.583 bits per heavy atom. The average Bonchev–Trinajstić information content (AvgIpc) is 2.56. The topological polar surface area (TPSA) is 52.0 Å². The molecule has 0 bridgehead atoms. The Hall–Kier alpha value is -2.74. The minimum Gasteiger partial charge on any atom is -0.399 e. The highest BCUT2D eigenvalue weighted by atomic mass is 14.5. The normalized spacial score (nSPS) is 11.0. The Balaban J connectivity index is 2.20. The van der Waals surface area contributed by atoms with Gasteiger partial charge in [0.05, 0.1) is 0 Å².